The van der Waals surface area contributed by atoms with Gasteiger partial charge < -0.3 is 14.6 Å². The number of aliphatic hydroxyl groups excluding tert-OH is 1. The highest BCUT2D eigenvalue weighted by Gasteiger charge is 2.59. The molecule has 8 nitrogen and oxygen atoms in total. The standard InChI is InChI=1S/C23H31N3O5S/c1-32(30,31)26-19-13-25-18(10-9-16(22(25)28)15-7-3-4-8-15)21(26)20(17(19)14-27)23(29)24-11-5-2-6-12-24/h7,9-10,17,19-21,27H,2-6,8,11-14H2,1H3/t17-,19-,20+,21+/m0/s1. The lowest BCUT2D eigenvalue weighted by molar-refractivity contribution is -0.139. The number of piperidine rings is 1. The summed E-state index contributed by atoms with van der Waals surface area (Å²) in [5, 5.41) is 10.3. The van der Waals surface area contributed by atoms with Crippen molar-refractivity contribution >= 4 is 21.5 Å². The molecule has 1 aromatic rings. The van der Waals surface area contributed by atoms with Crippen LogP contribution in [-0.2, 0) is 21.4 Å². The second-order valence-electron chi connectivity index (χ2n) is 9.57. The van der Waals surface area contributed by atoms with Crippen LogP contribution in [0, 0.1) is 11.8 Å². The molecule has 1 amide bonds. The molecule has 1 N–H and O–H groups in total. The van der Waals surface area contributed by atoms with Crippen molar-refractivity contribution in [1.29, 1.82) is 0 Å². The van der Waals surface area contributed by atoms with Crippen LogP contribution in [0.2, 0.25) is 0 Å². The molecule has 2 fully saturated rings. The number of nitrogens with zero attached hydrogens (tertiary/aromatic N) is 3. The normalized spacial score (nSPS) is 30.3. The quantitative estimate of drug-likeness (QED) is 0.730. The largest absolute Gasteiger partial charge is 0.396 e. The molecule has 5 rings (SSSR count). The van der Waals surface area contributed by atoms with E-state index in [1.807, 2.05) is 11.0 Å². The molecule has 0 spiro atoms. The molecular weight excluding hydrogens is 430 g/mol. The maximum Gasteiger partial charge on any atom is 0.258 e. The van der Waals surface area contributed by atoms with Crippen molar-refractivity contribution < 1.29 is 18.3 Å². The number of allylic oxidation sites excluding steroid dienone is 2. The lowest BCUT2D eigenvalue weighted by Crippen LogP contribution is -2.49. The van der Waals surface area contributed by atoms with Crippen molar-refractivity contribution in [2.75, 3.05) is 26.0 Å². The van der Waals surface area contributed by atoms with Crippen molar-refractivity contribution in [3.05, 3.63) is 39.8 Å². The number of hydrogen-bond acceptors (Lipinski definition) is 5. The summed E-state index contributed by atoms with van der Waals surface area (Å²) in [6.45, 7) is 1.18. The Labute approximate surface area is 188 Å². The Morgan fingerprint density at radius 3 is 2.53 bits per heavy atom. The summed E-state index contributed by atoms with van der Waals surface area (Å²) in [6, 6.07) is 2.23. The van der Waals surface area contributed by atoms with Gasteiger partial charge in [0.25, 0.3) is 5.56 Å². The highest BCUT2D eigenvalue weighted by Crippen LogP contribution is 2.50. The molecule has 2 bridgehead atoms. The van der Waals surface area contributed by atoms with Gasteiger partial charge in [-0.1, -0.05) is 6.08 Å². The van der Waals surface area contributed by atoms with Gasteiger partial charge in [-0.15, -0.1) is 0 Å². The molecule has 174 valence electrons. The molecule has 32 heavy (non-hydrogen) atoms. The molecule has 9 heteroatoms. The van der Waals surface area contributed by atoms with E-state index in [2.05, 4.69) is 6.08 Å². The molecule has 0 unspecified atom stereocenters. The molecule has 1 aromatic heterocycles. The Hall–Kier alpha value is -1.97. The number of likely N-dealkylation sites (tertiary alicyclic amines) is 1. The Balaban J connectivity index is 1.64. The highest BCUT2D eigenvalue weighted by atomic mass is 32.2. The third-order valence-corrected chi connectivity index (χ3v) is 8.97. The second-order valence-corrected chi connectivity index (χ2v) is 11.5. The average Bonchev–Trinajstić information content (AvgIpc) is 3.39. The van der Waals surface area contributed by atoms with Gasteiger partial charge >= 0.3 is 0 Å². The highest BCUT2D eigenvalue weighted by molar-refractivity contribution is 7.88. The number of rotatable bonds is 4. The topological polar surface area (TPSA) is 99.9 Å². The zero-order chi connectivity index (χ0) is 22.6. The molecule has 2 saturated heterocycles. The van der Waals surface area contributed by atoms with Crippen LogP contribution < -0.4 is 5.56 Å². The van der Waals surface area contributed by atoms with Gasteiger partial charge in [-0.2, -0.15) is 4.31 Å². The van der Waals surface area contributed by atoms with E-state index in [1.165, 1.54) is 4.31 Å². The molecule has 1 aliphatic carbocycles. The maximum atomic E-state index is 13.7. The molecule has 0 radical (unpaired) electrons. The van der Waals surface area contributed by atoms with Gasteiger partial charge in [-0.05, 0) is 56.2 Å². The van der Waals surface area contributed by atoms with Crippen LogP contribution in [0.4, 0.5) is 0 Å². The van der Waals surface area contributed by atoms with Gasteiger partial charge in [0.1, 0.15) is 0 Å². The number of hydrogen-bond donors (Lipinski definition) is 1. The van der Waals surface area contributed by atoms with Crippen molar-refractivity contribution in [2.24, 2.45) is 11.8 Å². The predicted octanol–water partition coefficient (Wildman–Crippen LogP) is 1.35. The fourth-order valence-corrected chi connectivity index (χ4v) is 7.64. The molecule has 0 aromatic carbocycles. The van der Waals surface area contributed by atoms with Gasteiger partial charge in [0.15, 0.2) is 0 Å². The third kappa shape index (κ3) is 3.36. The predicted molar refractivity (Wildman–Crippen MR) is 120 cm³/mol. The number of amides is 1. The van der Waals surface area contributed by atoms with E-state index in [0.29, 0.717) is 24.3 Å². The van der Waals surface area contributed by atoms with Gasteiger partial charge in [0, 0.05) is 49.5 Å². The molecule has 3 aliphatic heterocycles. The number of aliphatic hydroxyl groups is 1. The second kappa shape index (κ2) is 8.11. The number of carbonyl (C=O) groups excluding carboxylic acids is 1. The van der Waals surface area contributed by atoms with Gasteiger partial charge in [0.05, 0.1) is 18.2 Å². The maximum absolute atomic E-state index is 13.7. The van der Waals surface area contributed by atoms with E-state index < -0.39 is 33.9 Å². The van der Waals surface area contributed by atoms with Crippen LogP contribution in [0.25, 0.3) is 5.57 Å². The first kappa shape index (κ1) is 21.9. The van der Waals surface area contributed by atoms with E-state index in [-0.39, 0.29) is 24.6 Å². The Bertz CT molecular complexity index is 1120. The first-order valence-corrected chi connectivity index (χ1v) is 13.5. The first-order chi connectivity index (χ1) is 15.3. The van der Waals surface area contributed by atoms with Crippen LogP contribution in [0.1, 0.15) is 55.8 Å². The molecule has 0 saturated carbocycles. The summed E-state index contributed by atoms with van der Waals surface area (Å²) >= 11 is 0. The summed E-state index contributed by atoms with van der Waals surface area (Å²) in [4.78, 5) is 28.9. The zero-order valence-corrected chi connectivity index (χ0v) is 19.3. The Kier molecular flexibility index (Phi) is 5.54. The third-order valence-electron chi connectivity index (χ3n) is 7.71. The smallest absolute Gasteiger partial charge is 0.258 e. The molecule has 4 heterocycles. The fraction of sp³-hybridized carbons (Fsp3) is 0.652. The van der Waals surface area contributed by atoms with E-state index >= 15 is 0 Å². The average molecular weight is 462 g/mol. The Morgan fingerprint density at radius 1 is 1.16 bits per heavy atom. The van der Waals surface area contributed by atoms with Crippen molar-refractivity contribution in [3.63, 3.8) is 0 Å². The lowest BCUT2D eigenvalue weighted by atomic mass is 9.85. The number of fused-ring (bicyclic) bond motifs is 4. The van der Waals surface area contributed by atoms with E-state index in [4.69, 9.17) is 0 Å². The van der Waals surface area contributed by atoms with Gasteiger partial charge in [0.2, 0.25) is 15.9 Å². The minimum absolute atomic E-state index is 0.103. The Morgan fingerprint density at radius 2 is 1.91 bits per heavy atom. The van der Waals surface area contributed by atoms with E-state index in [0.717, 1.165) is 50.4 Å². The van der Waals surface area contributed by atoms with Crippen LogP contribution in [-0.4, -0.2) is 65.2 Å². The number of sulfonamides is 1. The fourth-order valence-electron chi connectivity index (χ4n) is 6.27. The van der Waals surface area contributed by atoms with Crippen molar-refractivity contribution in [1.82, 2.24) is 13.8 Å². The summed E-state index contributed by atoms with van der Waals surface area (Å²) < 4.78 is 28.8. The van der Waals surface area contributed by atoms with Gasteiger partial charge in [-0.3, -0.25) is 9.59 Å². The summed E-state index contributed by atoms with van der Waals surface area (Å²) in [6.07, 6.45) is 9.05. The number of pyridine rings is 1. The summed E-state index contributed by atoms with van der Waals surface area (Å²) in [5.74, 6) is -1.34. The monoisotopic (exact) mass is 461 g/mol. The van der Waals surface area contributed by atoms with Gasteiger partial charge in [-0.25, -0.2) is 8.42 Å². The lowest BCUT2D eigenvalue weighted by Gasteiger charge is -2.37. The summed E-state index contributed by atoms with van der Waals surface area (Å²) in [7, 11) is -3.66. The minimum Gasteiger partial charge on any atom is -0.396 e. The van der Waals surface area contributed by atoms with E-state index in [9.17, 15) is 23.1 Å². The molecule has 4 atom stereocenters. The number of aromatic nitrogens is 1. The van der Waals surface area contributed by atoms with Crippen LogP contribution in [0.15, 0.2) is 23.0 Å². The van der Waals surface area contributed by atoms with Crippen molar-refractivity contribution in [2.45, 2.75) is 57.2 Å². The summed E-state index contributed by atoms with van der Waals surface area (Å²) in [5.41, 5.74) is 2.15. The number of carbonyl (C=O) groups is 1. The first-order valence-electron chi connectivity index (χ1n) is 11.6. The van der Waals surface area contributed by atoms with Crippen LogP contribution >= 0.6 is 0 Å². The minimum atomic E-state index is -3.66. The SMILES string of the molecule is CS(=O)(=O)N1[C@@H]2c3ccc(C4=CCCC4)c(=O)n3C[C@H]1[C@H](CO)[C@H]2C(=O)N1CCCCC1. The van der Waals surface area contributed by atoms with Crippen molar-refractivity contribution in [3.8, 4) is 0 Å². The molecule has 4 aliphatic rings. The van der Waals surface area contributed by atoms with Crippen LogP contribution in [0.3, 0.4) is 0 Å². The van der Waals surface area contributed by atoms with E-state index in [1.54, 1.807) is 10.6 Å². The zero-order valence-electron chi connectivity index (χ0n) is 18.4. The molecular formula is C23H31N3O5S. The van der Waals surface area contributed by atoms with Crippen LogP contribution in [0.5, 0.6) is 0 Å².